The van der Waals surface area contributed by atoms with Crippen molar-refractivity contribution in [3.05, 3.63) is 75.3 Å². The van der Waals surface area contributed by atoms with Crippen LogP contribution in [0.25, 0.3) is 0 Å². The van der Waals surface area contributed by atoms with Gasteiger partial charge in [-0.25, -0.2) is 4.79 Å². The van der Waals surface area contributed by atoms with Crippen molar-refractivity contribution in [3.8, 4) is 0 Å². The fraction of sp³-hybridized carbons (Fsp3) is 0.176. The molecule has 0 amide bonds. The second kappa shape index (κ2) is 8.42. The summed E-state index contributed by atoms with van der Waals surface area (Å²) in [6.45, 7) is 2.30. The predicted octanol–water partition coefficient (Wildman–Crippen LogP) is 3.32. The first-order valence-corrected chi connectivity index (χ1v) is 7.26. The highest BCUT2D eigenvalue weighted by Gasteiger charge is 2.06. The van der Waals surface area contributed by atoms with Crippen molar-refractivity contribution < 1.29 is 19.3 Å². The van der Waals surface area contributed by atoms with Crippen molar-refractivity contribution in [1.82, 2.24) is 0 Å². The van der Waals surface area contributed by atoms with Gasteiger partial charge in [0, 0.05) is 17.7 Å². The van der Waals surface area contributed by atoms with Gasteiger partial charge in [-0.1, -0.05) is 29.4 Å². The van der Waals surface area contributed by atoms with Gasteiger partial charge in [0.2, 0.25) is 0 Å². The van der Waals surface area contributed by atoms with E-state index in [4.69, 9.17) is 9.57 Å². The molecule has 24 heavy (non-hydrogen) atoms. The summed E-state index contributed by atoms with van der Waals surface area (Å²) in [5, 5.41) is 14.5. The van der Waals surface area contributed by atoms with Gasteiger partial charge in [0.15, 0.2) is 0 Å². The molecule has 0 heterocycles. The fourth-order valence-electron chi connectivity index (χ4n) is 1.88. The molecule has 0 radical (unpaired) electrons. The zero-order valence-corrected chi connectivity index (χ0v) is 13.0. The fourth-order valence-corrected chi connectivity index (χ4v) is 1.88. The van der Waals surface area contributed by atoms with Crippen LogP contribution in [-0.4, -0.2) is 23.7 Å². The van der Waals surface area contributed by atoms with Gasteiger partial charge in [-0.05, 0) is 24.6 Å². The van der Waals surface area contributed by atoms with E-state index in [9.17, 15) is 14.9 Å². The molecule has 0 bridgehead atoms. The molecule has 0 aliphatic carbocycles. The SMILES string of the molecule is CCOC(=O)c1ccc(CO/N=C\c2cccc([N+](=O)[O-])c2)cc1. The molecule has 0 aromatic heterocycles. The van der Waals surface area contributed by atoms with Crippen molar-refractivity contribution >= 4 is 17.9 Å². The Bertz CT molecular complexity index is 741. The Labute approximate surface area is 138 Å². The number of nitro groups is 1. The monoisotopic (exact) mass is 328 g/mol. The second-order valence-corrected chi connectivity index (χ2v) is 4.78. The molecule has 124 valence electrons. The number of carbonyl (C=O) groups is 1. The van der Waals surface area contributed by atoms with Crippen LogP contribution < -0.4 is 0 Å². The highest BCUT2D eigenvalue weighted by atomic mass is 16.6. The van der Waals surface area contributed by atoms with Crippen LogP contribution in [-0.2, 0) is 16.2 Å². The first kappa shape index (κ1) is 17.1. The van der Waals surface area contributed by atoms with Crippen molar-refractivity contribution in [2.75, 3.05) is 6.61 Å². The maximum atomic E-state index is 11.5. The van der Waals surface area contributed by atoms with Crippen molar-refractivity contribution in [2.24, 2.45) is 5.16 Å². The zero-order chi connectivity index (χ0) is 17.4. The topological polar surface area (TPSA) is 91.0 Å². The molecule has 0 saturated heterocycles. The van der Waals surface area contributed by atoms with Crippen LogP contribution >= 0.6 is 0 Å². The van der Waals surface area contributed by atoms with Gasteiger partial charge in [-0.3, -0.25) is 10.1 Å². The van der Waals surface area contributed by atoms with E-state index < -0.39 is 4.92 Å². The average molecular weight is 328 g/mol. The van der Waals surface area contributed by atoms with Gasteiger partial charge in [0.1, 0.15) is 6.61 Å². The molecule has 0 spiro atoms. The summed E-state index contributed by atoms with van der Waals surface area (Å²) in [6, 6.07) is 12.9. The lowest BCUT2D eigenvalue weighted by atomic mass is 10.1. The van der Waals surface area contributed by atoms with Crippen molar-refractivity contribution in [1.29, 1.82) is 0 Å². The minimum absolute atomic E-state index is 0.00601. The lowest BCUT2D eigenvalue weighted by Crippen LogP contribution is -2.04. The largest absolute Gasteiger partial charge is 0.462 e. The van der Waals surface area contributed by atoms with E-state index in [0.717, 1.165) is 5.56 Å². The third-order valence-electron chi connectivity index (χ3n) is 3.05. The van der Waals surface area contributed by atoms with Crippen LogP contribution in [0.4, 0.5) is 5.69 Å². The summed E-state index contributed by atoms with van der Waals surface area (Å²) in [4.78, 5) is 26.9. The number of benzene rings is 2. The van der Waals surface area contributed by atoms with Gasteiger partial charge in [0.25, 0.3) is 5.69 Å². The number of hydrogen-bond donors (Lipinski definition) is 0. The van der Waals surface area contributed by atoms with Gasteiger partial charge >= 0.3 is 5.97 Å². The van der Waals surface area contributed by atoms with Crippen LogP contribution in [0.2, 0.25) is 0 Å². The molecule has 7 nitrogen and oxygen atoms in total. The van der Waals surface area contributed by atoms with Gasteiger partial charge in [0.05, 0.1) is 23.3 Å². The molecule has 0 saturated carbocycles. The molecule has 2 aromatic rings. The van der Waals surface area contributed by atoms with Crippen molar-refractivity contribution in [2.45, 2.75) is 13.5 Å². The summed E-state index contributed by atoms with van der Waals surface area (Å²) in [5.41, 5.74) is 1.87. The smallest absolute Gasteiger partial charge is 0.338 e. The summed E-state index contributed by atoms with van der Waals surface area (Å²) >= 11 is 0. The number of nitrogens with zero attached hydrogens (tertiary/aromatic N) is 2. The minimum Gasteiger partial charge on any atom is -0.462 e. The Kier molecular flexibility index (Phi) is 6.01. The van der Waals surface area contributed by atoms with E-state index in [2.05, 4.69) is 5.16 Å². The first-order chi connectivity index (χ1) is 11.6. The van der Waals surface area contributed by atoms with Gasteiger partial charge in [-0.15, -0.1) is 0 Å². The maximum absolute atomic E-state index is 11.5. The van der Waals surface area contributed by atoms with E-state index in [0.29, 0.717) is 17.7 Å². The number of non-ortho nitro benzene ring substituents is 1. The number of ether oxygens (including phenoxy) is 1. The van der Waals surface area contributed by atoms with Gasteiger partial charge < -0.3 is 9.57 Å². The number of carbonyl (C=O) groups excluding carboxylic acids is 1. The highest BCUT2D eigenvalue weighted by molar-refractivity contribution is 5.89. The molecule has 0 unspecified atom stereocenters. The average Bonchev–Trinajstić information content (AvgIpc) is 2.60. The lowest BCUT2D eigenvalue weighted by Gasteiger charge is -2.03. The molecule has 2 rings (SSSR count). The quantitative estimate of drug-likeness (QED) is 0.336. The Morgan fingerprint density at radius 1 is 1.25 bits per heavy atom. The summed E-state index contributed by atoms with van der Waals surface area (Å²) < 4.78 is 4.90. The summed E-state index contributed by atoms with van der Waals surface area (Å²) in [6.07, 6.45) is 1.40. The normalized spacial score (nSPS) is 10.5. The Morgan fingerprint density at radius 2 is 2.00 bits per heavy atom. The first-order valence-electron chi connectivity index (χ1n) is 7.26. The predicted molar refractivity (Wildman–Crippen MR) is 87.9 cm³/mol. The molecule has 0 aliphatic rings. The standard InChI is InChI=1S/C17H16N2O5/c1-2-23-17(20)15-8-6-13(7-9-15)12-24-18-11-14-4-3-5-16(10-14)19(21)22/h3-11H,2,12H2,1H3/b18-11-. The van der Waals surface area contributed by atoms with Crippen LogP contribution in [0.15, 0.2) is 53.7 Å². The number of oxime groups is 1. The van der Waals surface area contributed by atoms with Crippen LogP contribution in [0.5, 0.6) is 0 Å². The van der Waals surface area contributed by atoms with E-state index in [1.165, 1.54) is 18.3 Å². The van der Waals surface area contributed by atoms with Crippen molar-refractivity contribution in [3.63, 3.8) is 0 Å². The van der Waals surface area contributed by atoms with E-state index in [1.807, 2.05) is 0 Å². The third kappa shape index (κ3) is 4.91. The molecule has 0 atom stereocenters. The molecular weight excluding hydrogens is 312 g/mol. The zero-order valence-electron chi connectivity index (χ0n) is 13.0. The Hall–Kier alpha value is -3.22. The number of rotatable bonds is 7. The molecule has 7 heteroatoms. The molecule has 0 aliphatic heterocycles. The van der Waals surface area contributed by atoms with E-state index in [1.54, 1.807) is 43.3 Å². The van der Waals surface area contributed by atoms with Gasteiger partial charge in [-0.2, -0.15) is 0 Å². The van der Waals surface area contributed by atoms with Crippen LogP contribution in [0.1, 0.15) is 28.4 Å². The van der Waals surface area contributed by atoms with E-state index >= 15 is 0 Å². The Morgan fingerprint density at radius 3 is 2.67 bits per heavy atom. The number of hydrogen-bond acceptors (Lipinski definition) is 6. The molecular formula is C17H16N2O5. The van der Waals surface area contributed by atoms with E-state index in [-0.39, 0.29) is 18.3 Å². The Balaban J connectivity index is 1.88. The molecule has 0 N–H and O–H groups in total. The molecule has 2 aromatic carbocycles. The lowest BCUT2D eigenvalue weighted by molar-refractivity contribution is -0.384. The number of esters is 1. The maximum Gasteiger partial charge on any atom is 0.338 e. The highest BCUT2D eigenvalue weighted by Crippen LogP contribution is 2.12. The number of nitro benzene ring substituents is 1. The van der Waals surface area contributed by atoms with Crippen LogP contribution in [0.3, 0.4) is 0 Å². The summed E-state index contributed by atoms with van der Waals surface area (Å²) in [7, 11) is 0. The molecule has 0 fully saturated rings. The summed E-state index contributed by atoms with van der Waals surface area (Å²) in [5.74, 6) is -0.367. The minimum atomic E-state index is -0.469. The third-order valence-corrected chi connectivity index (χ3v) is 3.05. The second-order valence-electron chi connectivity index (χ2n) is 4.78. The van der Waals surface area contributed by atoms with Crippen LogP contribution in [0, 0.1) is 10.1 Å².